The summed E-state index contributed by atoms with van der Waals surface area (Å²) in [5.41, 5.74) is 7.46. The van der Waals surface area contributed by atoms with Gasteiger partial charge in [-0.25, -0.2) is 0 Å². The fourth-order valence-corrected chi connectivity index (χ4v) is 2.82. The third-order valence-corrected chi connectivity index (χ3v) is 3.96. The first-order chi connectivity index (χ1) is 8.72. The van der Waals surface area contributed by atoms with Crippen LogP contribution in [0.3, 0.4) is 0 Å². The molecule has 0 aromatic heterocycles. The molecular weight excluding hydrogens is 226 g/mol. The van der Waals surface area contributed by atoms with Crippen molar-refractivity contribution in [2.24, 2.45) is 5.92 Å². The van der Waals surface area contributed by atoms with Gasteiger partial charge in [-0.3, -0.25) is 0 Å². The van der Waals surface area contributed by atoms with Crippen molar-refractivity contribution in [2.45, 2.75) is 44.6 Å². The molecule has 18 heavy (non-hydrogen) atoms. The molecule has 1 aromatic rings. The van der Waals surface area contributed by atoms with Gasteiger partial charge < -0.3 is 15.6 Å². The van der Waals surface area contributed by atoms with Crippen LogP contribution in [0, 0.1) is 5.92 Å². The molecule has 0 bridgehead atoms. The summed E-state index contributed by atoms with van der Waals surface area (Å²) in [4.78, 5) is 0. The van der Waals surface area contributed by atoms with Crippen LogP contribution in [0.25, 0.3) is 0 Å². The number of methoxy groups -OCH3 is 1. The summed E-state index contributed by atoms with van der Waals surface area (Å²) in [6, 6.07) is 5.51. The molecule has 1 fully saturated rings. The number of hydrogen-bond donors (Lipinski definition) is 2. The number of nitrogens with two attached hydrogens (primary N) is 1. The van der Waals surface area contributed by atoms with E-state index in [1.165, 1.54) is 25.7 Å². The second kappa shape index (κ2) is 6.10. The number of nitrogen functional groups attached to an aromatic ring is 1. The topological polar surface area (TPSA) is 55.5 Å². The molecule has 1 aliphatic rings. The van der Waals surface area contributed by atoms with Crippen molar-refractivity contribution in [1.29, 1.82) is 0 Å². The highest BCUT2D eigenvalue weighted by molar-refractivity contribution is 5.51. The highest BCUT2D eigenvalue weighted by Crippen LogP contribution is 2.36. The predicted molar refractivity (Wildman–Crippen MR) is 73.6 cm³/mol. The third-order valence-electron chi connectivity index (χ3n) is 3.96. The van der Waals surface area contributed by atoms with E-state index in [4.69, 9.17) is 10.5 Å². The summed E-state index contributed by atoms with van der Waals surface area (Å²) in [6.07, 6.45) is 6.73. The molecule has 1 saturated carbocycles. The Balaban J connectivity index is 2.18. The normalized spacial score (nSPS) is 19.2. The molecule has 3 N–H and O–H groups in total. The van der Waals surface area contributed by atoms with Crippen LogP contribution in [0.2, 0.25) is 0 Å². The summed E-state index contributed by atoms with van der Waals surface area (Å²) in [5, 5.41) is 10.5. The molecule has 3 heteroatoms. The van der Waals surface area contributed by atoms with Crippen LogP contribution in [0.5, 0.6) is 5.75 Å². The lowest BCUT2D eigenvalue weighted by atomic mass is 9.88. The van der Waals surface area contributed by atoms with Crippen molar-refractivity contribution in [3.63, 3.8) is 0 Å². The molecule has 0 amide bonds. The summed E-state index contributed by atoms with van der Waals surface area (Å²) in [7, 11) is 1.63. The number of anilines is 1. The summed E-state index contributed by atoms with van der Waals surface area (Å²) in [6.45, 7) is 0. The largest absolute Gasteiger partial charge is 0.497 e. The van der Waals surface area contributed by atoms with Gasteiger partial charge in [0.25, 0.3) is 0 Å². The van der Waals surface area contributed by atoms with Gasteiger partial charge in [0.1, 0.15) is 5.75 Å². The number of hydrogen-bond acceptors (Lipinski definition) is 3. The first kappa shape index (κ1) is 13.2. The molecule has 1 aromatic carbocycles. The highest BCUT2D eigenvalue weighted by atomic mass is 16.5. The van der Waals surface area contributed by atoms with Gasteiger partial charge in [-0.1, -0.05) is 25.7 Å². The molecule has 2 rings (SSSR count). The average Bonchev–Trinajstić information content (AvgIpc) is 2.67. The molecule has 0 aliphatic heterocycles. The quantitative estimate of drug-likeness (QED) is 0.638. The van der Waals surface area contributed by atoms with Gasteiger partial charge in [-0.05, 0) is 37.0 Å². The van der Waals surface area contributed by atoms with Crippen molar-refractivity contribution in [2.75, 3.05) is 12.8 Å². The minimum atomic E-state index is -0.460. The van der Waals surface area contributed by atoms with Crippen LogP contribution < -0.4 is 10.5 Å². The number of rotatable bonds is 3. The van der Waals surface area contributed by atoms with Crippen LogP contribution in [0.4, 0.5) is 5.69 Å². The highest BCUT2D eigenvalue weighted by Gasteiger charge is 2.24. The number of benzene rings is 1. The lowest BCUT2D eigenvalue weighted by Crippen LogP contribution is -2.13. The van der Waals surface area contributed by atoms with Crippen LogP contribution >= 0.6 is 0 Å². The number of aliphatic hydroxyl groups excluding tert-OH is 1. The van der Waals surface area contributed by atoms with Gasteiger partial charge in [0.2, 0.25) is 0 Å². The zero-order valence-electron chi connectivity index (χ0n) is 11.1. The van der Waals surface area contributed by atoms with Gasteiger partial charge in [-0.15, -0.1) is 0 Å². The minimum Gasteiger partial charge on any atom is -0.497 e. The van der Waals surface area contributed by atoms with Gasteiger partial charge >= 0.3 is 0 Å². The molecule has 1 unspecified atom stereocenters. The van der Waals surface area contributed by atoms with E-state index in [0.29, 0.717) is 11.6 Å². The molecule has 1 aliphatic carbocycles. The Labute approximate surface area is 109 Å². The molecule has 0 radical (unpaired) electrons. The summed E-state index contributed by atoms with van der Waals surface area (Å²) < 4.78 is 5.21. The van der Waals surface area contributed by atoms with Crippen LogP contribution in [0.1, 0.15) is 50.2 Å². The predicted octanol–water partition coefficient (Wildman–Crippen LogP) is 3.28. The van der Waals surface area contributed by atoms with E-state index < -0.39 is 6.10 Å². The second-order valence-corrected chi connectivity index (χ2v) is 5.19. The maximum absolute atomic E-state index is 10.5. The monoisotopic (exact) mass is 249 g/mol. The molecule has 0 heterocycles. The average molecular weight is 249 g/mol. The third kappa shape index (κ3) is 2.96. The van der Waals surface area contributed by atoms with Gasteiger partial charge in [0.15, 0.2) is 0 Å². The lowest BCUT2D eigenvalue weighted by molar-refractivity contribution is 0.0992. The molecular formula is C15H23NO2. The number of aliphatic hydroxyl groups is 1. The van der Waals surface area contributed by atoms with Crippen molar-refractivity contribution in [3.8, 4) is 5.75 Å². The van der Waals surface area contributed by atoms with E-state index in [9.17, 15) is 5.11 Å². The second-order valence-electron chi connectivity index (χ2n) is 5.19. The SMILES string of the molecule is COc1ccc(N)c(C(O)C2CCCCCC2)c1. The van der Waals surface area contributed by atoms with Gasteiger partial charge in [0.05, 0.1) is 13.2 Å². The first-order valence-corrected chi connectivity index (χ1v) is 6.84. The zero-order chi connectivity index (χ0) is 13.0. The van der Waals surface area contributed by atoms with Crippen LogP contribution in [-0.4, -0.2) is 12.2 Å². The Kier molecular flexibility index (Phi) is 4.48. The Morgan fingerprint density at radius 3 is 2.50 bits per heavy atom. The maximum Gasteiger partial charge on any atom is 0.119 e. The fourth-order valence-electron chi connectivity index (χ4n) is 2.82. The zero-order valence-corrected chi connectivity index (χ0v) is 11.1. The molecule has 1 atom stereocenters. The molecule has 3 nitrogen and oxygen atoms in total. The van der Waals surface area contributed by atoms with Gasteiger partial charge in [-0.2, -0.15) is 0 Å². The maximum atomic E-state index is 10.5. The van der Waals surface area contributed by atoms with Gasteiger partial charge in [0, 0.05) is 11.3 Å². The van der Waals surface area contributed by atoms with Crippen molar-refractivity contribution in [3.05, 3.63) is 23.8 Å². The van der Waals surface area contributed by atoms with Crippen LogP contribution in [-0.2, 0) is 0 Å². The van der Waals surface area contributed by atoms with E-state index in [0.717, 1.165) is 24.2 Å². The van der Waals surface area contributed by atoms with E-state index in [-0.39, 0.29) is 0 Å². The Bertz CT molecular complexity index is 384. The van der Waals surface area contributed by atoms with E-state index in [1.807, 2.05) is 18.2 Å². The lowest BCUT2D eigenvalue weighted by Gasteiger charge is -2.23. The Morgan fingerprint density at radius 1 is 1.22 bits per heavy atom. The Morgan fingerprint density at radius 2 is 1.89 bits per heavy atom. The smallest absolute Gasteiger partial charge is 0.119 e. The molecule has 100 valence electrons. The van der Waals surface area contributed by atoms with Crippen LogP contribution in [0.15, 0.2) is 18.2 Å². The van der Waals surface area contributed by atoms with E-state index >= 15 is 0 Å². The van der Waals surface area contributed by atoms with Crippen molar-refractivity contribution in [1.82, 2.24) is 0 Å². The molecule has 0 spiro atoms. The standard InChI is InChI=1S/C15H23NO2/c1-18-12-8-9-14(16)13(10-12)15(17)11-6-4-2-3-5-7-11/h8-11,15,17H,2-7,16H2,1H3. The van der Waals surface area contributed by atoms with Crippen molar-refractivity contribution < 1.29 is 9.84 Å². The number of ether oxygens (including phenoxy) is 1. The van der Waals surface area contributed by atoms with E-state index in [1.54, 1.807) is 7.11 Å². The first-order valence-electron chi connectivity index (χ1n) is 6.84. The molecule has 0 saturated heterocycles. The Hall–Kier alpha value is -1.22. The van der Waals surface area contributed by atoms with Crippen molar-refractivity contribution >= 4 is 5.69 Å². The van der Waals surface area contributed by atoms with E-state index in [2.05, 4.69) is 0 Å². The summed E-state index contributed by atoms with van der Waals surface area (Å²) in [5.74, 6) is 1.09. The minimum absolute atomic E-state index is 0.335. The summed E-state index contributed by atoms with van der Waals surface area (Å²) >= 11 is 0. The fraction of sp³-hybridized carbons (Fsp3) is 0.600.